The standard InChI is InChI=1S/C15H31N3/c1-17(10-6-14-7-11-18(2)13-14)12-8-15-5-3-4-9-16-15/h14-16H,3-13H2,1-2H3. The number of likely N-dealkylation sites (tertiary alicyclic amines) is 1. The molecule has 0 aromatic rings. The zero-order chi connectivity index (χ0) is 12.8. The number of hydrogen-bond acceptors (Lipinski definition) is 3. The van der Waals surface area contributed by atoms with E-state index in [0.717, 1.165) is 12.0 Å². The molecule has 2 heterocycles. The summed E-state index contributed by atoms with van der Waals surface area (Å²) in [6.45, 7) is 6.41. The smallest absolute Gasteiger partial charge is 0.00792 e. The molecule has 0 spiro atoms. The molecule has 1 N–H and O–H groups in total. The van der Waals surface area contributed by atoms with Crippen LogP contribution >= 0.6 is 0 Å². The molecule has 0 aliphatic carbocycles. The first-order valence-electron chi connectivity index (χ1n) is 7.84. The second kappa shape index (κ2) is 7.46. The lowest BCUT2D eigenvalue weighted by molar-refractivity contribution is 0.268. The summed E-state index contributed by atoms with van der Waals surface area (Å²) in [6, 6.07) is 0.791. The summed E-state index contributed by atoms with van der Waals surface area (Å²) in [5, 5.41) is 3.64. The summed E-state index contributed by atoms with van der Waals surface area (Å²) < 4.78 is 0. The predicted molar refractivity (Wildman–Crippen MR) is 78.0 cm³/mol. The molecule has 3 nitrogen and oxygen atoms in total. The molecule has 18 heavy (non-hydrogen) atoms. The summed E-state index contributed by atoms with van der Waals surface area (Å²) in [4.78, 5) is 5.01. The molecule has 2 unspecified atom stereocenters. The second-order valence-corrected chi connectivity index (χ2v) is 6.44. The molecule has 2 fully saturated rings. The van der Waals surface area contributed by atoms with Crippen LogP contribution in [0.2, 0.25) is 0 Å². The van der Waals surface area contributed by atoms with Gasteiger partial charge in [0.05, 0.1) is 0 Å². The van der Waals surface area contributed by atoms with E-state index in [-0.39, 0.29) is 0 Å². The third-order valence-corrected chi connectivity index (χ3v) is 4.68. The Morgan fingerprint density at radius 1 is 1.17 bits per heavy atom. The van der Waals surface area contributed by atoms with Gasteiger partial charge >= 0.3 is 0 Å². The van der Waals surface area contributed by atoms with Crippen LogP contribution in [-0.2, 0) is 0 Å². The molecule has 2 rings (SSSR count). The molecule has 0 aromatic heterocycles. The number of rotatable bonds is 6. The lowest BCUT2D eigenvalue weighted by Crippen LogP contribution is -2.37. The largest absolute Gasteiger partial charge is 0.314 e. The second-order valence-electron chi connectivity index (χ2n) is 6.44. The summed E-state index contributed by atoms with van der Waals surface area (Å²) >= 11 is 0. The molecule has 0 bridgehead atoms. The number of nitrogens with one attached hydrogen (secondary N) is 1. The Morgan fingerprint density at radius 2 is 2.00 bits per heavy atom. The zero-order valence-corrected chi connectivity index (χ0v) is 12.3. The van der Waals surface area contributed by atoms with Crippen molar-refractivity contribution in [3.63, 3.8) is 0 Å². The Balaban J connectivity index is 1.53. The van der Waals surface area contributed by atoms with Crippen LogP contribution in [0, 0.1) is 5.92 Å². The Morgan fingerprint density at radius 3 is 2.67 bits per heavy atom. The monoisotopic (exact) mass is 253 g/mol. The van der Waals surface area contributed by atoms with Crippen molar-refractivity contribution in [1.29, 1.82) is 0 Å². The molecule has 3 heteroatoms. The van der Waals surface area contributed by atoms with Crippen LogP contribution in [-0.4, -0.2) is 62.7 Å². The minimum Gasteiger partial charge on any atom is -0.314 e. The molecular formula is C15H31N3. The molecule has 2 saturated heterocycles. The number of piperidine rings is 1. The molecule has 2 aliphatic heterocycles. The van der Waals surface area contributed by atoms with Crippen molar-refractivity contribution >= 4 is 0 Å². The van der Waals surface area contributed by atoms with E-state index < -0.39 is 0 Å². The Bertz CT molecular complexity index is 217. The van der Waals surface area contributed by atoms with Gasteiger partial charge in [0.1, 0.15) is 0 Å². The van der Waals surface area contributed by atoms with Crippen LogP contribution in [0.5, 0.6) is 0 Å². The van der Waals surface area contributed by atoms with Gasteiger partial charge in [-0.1, -0.05) is 6.42 Å². The van der Waals surface area contributed by atoms with E-state index in [9.17, 15) is 0 Å². The van der Waals surface area contributed by atoms with Gasteiger partial charge in [0.2, 0.25) is 0 Å². The van der Waals surface area contributed by atoms with E-state index >= 15 is 0 Å². The lowest BCUT2D eigenvalue weighted by Gasteiger charge is -2.26. The van der Waals surface area contributed by atoms with E-state index in [1.165, 1.54) is 71.2 Å². The van der Waals surface area contributed by atoms with Gasteiger partial charge in [-0.25, -0.2) is 0 Å². The fourth-order valence-electron chi connectivity index (χ4n) is 3.32. The molecule has 2 atom stereocenters. The maximum absolute atomic E-state index is 3.64. The van der Waals surface area contributed by atoms with Gasteiger partial charge in [-0.2, -0.15) is 0 Å². The zero-order valence-electron chi connectivity index (χ0n) is 12.3. The summed E-state index contributed by atoms with van der Waals surface area (Å²) in [5.41, 5.74) is 0. The van der Waals surface area contributed by atoms with E-state index in [4.69, 9.17) is 0 Å². The summed E-state index contributed by atoms with van der Waals surface area (Å²) in [7, 11) is 4.54. The van der Waals surface area contributed by atoms with Crippen LogP contribution in [0.3, 0.4) is 0 Å². The quantitative estimate of drug-likeness (QED) is 0.778. The van der Waals surface area contributed by atoms with Gasteiger partial charge in [0, 0.05) is 12.6 Å². The fraction of sp³-hybridized carbons (Fsp3) is 1.00. The normalized spacial score (nSPS) is 30.2. The van der Waals surface area contributed by atoms with Crippen LogP contribution in [0.25, 0.3) is 0 Å². The lowest BCUT2D eigenvalue weighted by atomic mass is 10.0. The predicted octanol–water partition coefficient (Wildman–Crippen LogP) is 1.79. The van der Waals surface area contributed by atoms with Crippen LogP contribution in [0.4, 0.5) is 0 Å². The first-order chi connectivity index (χ1) is 8.74. The first kappa shape index (κ1) is 14.3. The van der Waals surface area contributed by atoms with Crippen LogP contribution in [0.1, 0.15) is 38.5 Å². The van der Waals surface area contributed by atoms with Crippen molar-refractivity contribution in [3.8, 4) is 0 Å². The van der Waals surface area contributed by atoms with Gasteiger partial charge in [0.15, 0.2) is 0 Å². The Kier molecular flexibility index (Phi) is 5.93. The van der Waals surface area contributed by atoms with Crippen molar-refractivity contribution in [1.82, 2.24) is 15.1 Å². The van der Waals surface area contributed by atoms with Crippen LogP contribution in [0.15, 0.2) is 0 Å². The van der Waals surface area contributed by atoms with Gasteiger partial charge in [-0.05, 0) is 78.3 Å². The van der Waals surface area contributed by atoms with E-state index in [1.54, 1.807) is 0 Å². The van der Waals surface area contributed by atoms with Gasteiger partial charge in [0.25, 0.3) is 0 Å². The Hall–Kier alpha value is -0.120. The van der Waals surface area contributed by atoms with Crippen molar-refractivity contribution in [2.24, 2.45) is 5.92 Å². The van der Waals surface area contributed by atoms with Gasteiger partial charge in [-0.3, -0.25) is 0 Å². The van der Waals surface area contributed by atoms with Crippen molar-refractivity contribution < 1.29 is 0 Å². The topological polar surface area (TPSA) is 18.5 Å². The van der Waals surface area contributed by atoms with E-state index in [1.807, 2.05) is 0 Å². The van der Waals surface area contributed by atoms with E-state index in [2.05, 4.69) is 29.2 Å². The minimum absolute atomic E-state index is 0.791. The average Bonchev–Trinajstić information content (AvgIpc) is 2.81. The van der Waals surface area contributed by atoms with Crippen LogP contribution < -0.4 is 5.32 Å². The van der Waals surface area contributed by atoms with Gasteiger partial charge in [-0.15, -0.1) is 0 Å². The van der Waals surface area contributed by atoms with Gasteiger partial charge < -0.3 is 15.1 Å². The maximum atomic E-state index is 3.64. The van der Waals surface area contributed by atoms with Crippen molar-refractivity contribution in [3.05, 3.63) is 0 Å². The minimum atomic E-state index is 0.791. The highest BCUT2D eigenvalue weighted by molar-refractivity contribution is 4.75. The summed E-state index contributed by atoms with van der Waals surface area (Å²) in [5.74, 6) is 0.949. The third-order valence-electron chi connectivity index (χ3n) is 4.68. The molecular weight excluding hydrogens is 222 g/mol. The number of hydrogen-bond donors (Lipinski definition) is 1. The maximum Gasteiger partial charge on any atom is 0.00792 e. The van der Waals surface area contributed by atoms with Crippen molar-refractivity contribution in [2.45, 2.75) is 44.6 Å². The van der Waals surface area contributed by atoms with E-state index in [0.29, 0.717) is 0 Å². The molecule has 0 aromatic carbocycles. The Labute approximate surface area is 113 Å². The average molecular weight is 253 g/mol. The number of nitrogens with zero attached hydrogens (tertiary/aromatic N) is 2. The molecule has 2 aliphatic rings. The molecule has 106 valence electrons. The highest BCUT2D eigenvalue weighted by Crippen LogP contribution is 2.18. The first-order valence-corrected chi connectivity index (χ1v) is 7.84. The molecule has 0 amide bonds. The SMILES string of the molecule is CN(CCC1CCN(C)C1)CCC1CCCCN1. The third kappa shape index (κ3) is 4.87. The highest BCUT2D eigenvalue weighted by atomic mass is 15.1. The molecule has 0 radical (unpaired) electrons. The molecule has 0 saturated carbocycles. The summed E-state index contributed by atoms with van der Waals surface area (Å²) in [6.07, 6.45) is 8.33. The highest BCUT2D eigenvalue weighted by Gasteiger charge is 2.19. The van der Waals surface area contributed by atoms with Crippen molar-refractivity contribution in [2.75, 3.05) is 46.8 Å². The fourth-order valence-corrected chi connectivity index (χ4v) is 3.32.